The van der Waals surface area contributed by atoms with Gasteiger partial charge in [-0.3, -0.25) is 10.1 Å². The minimum atomic E-state index is -0.829. The molecule has 0 aliphatic carbocycles. The second-order valence-corrected chi connectivity index (χ2v) is 5.70. The first-order valence-corrected chi connectivity index (χ1v) is 7.18. The first-order chi connectivity index (χ1) is 9.90. The molecule has 0 radical (unpaired) electrons. The number of halogens is 3. The van der Waals surface area contributed by atoms with Crippen LogP contribution in [-0.4, -0.2) is 4.92 Å². The van der Waals surface area contributed by atoms with Crippen LogP contribution in [0, 0.1) is 22.9 Å². The lowest BCUT2D eigenvalue weighted by molar-refractivity contribution is -0.387. The Balaban J connectivity index is 2.23. The lowest BCUT2D eigenvalue weighted by atomic mass is 10.1. The van der Waals surface area contributed by atoms with E-state index in [0.29, 0.717) is 10.7 Å². The second kappa shape index (κ2) is 6.41. The molecular weight excluding hydrogens is 363 g/mol. The van der Waals surface area contributed by atoms with Crippen molar-refractivity contribution in [2.75, 3.05) is 5.32 Å². The van der Waals surface area contributed by atoms with Gasteiger partial charge in [-0.2, -0.15) is 4.39 Å². The predicted octanol–water partition coefficient (Wildman–Crippen LogP) is 5.07. The van der Waals surface area contributed by atoms with Crippen molar-refractivity contribution in [3.63, 3.8) is 0 Å². The van der Waals surface area contributed by atoms with Gasteiger partial charge in [0.15, 0.2) is 0 Å². The molecule has 0 aliphatic heterocycles. The van der Waals surface area contributed by atoms with Gasteiger partial charge in [0.1, 0.15) is 0 Å². The zero-order chi connectivity index (χ0) is 15.6. The van der Waals surface area contributed by atoms with E-state index in [1.54, 1.807) is 6.07 Å². The SMILES string of the molecule is Cc1cc(Br)c(NCc2cccc([N+](=O)[O-])c2F)cc1Cl. The van der Waals surface area contributed by atoms with Crippen LogP contribution < -0.4 is 5.32 Å². The molecule has 2 aromatic rings. The van der Waals surface area contributed by atoms with Crippen LogP contribution in [-0.2, 0) is 6.54 Å². The maximum absolute atomic E-state index is 14.0. The van der Waals surface area contributed by atoms with E-state index >= 15 is 0 Å². The molecule has 1 N–H and O–H groups in total. The third kappa shape index (κ3) is 3.51. The van der Waals surface area contributed by atoms with Crippen LogP contribution in [0.15, 0.2) is 34.8 Å². The van der Waals surface area contributed by atoms with Crippen molar-refractivity contribution in [2.24, 2.45) is 0 Å². The largest absolute Gasteiger partial charge is 0.380 e. The molecule has 0 saturated heterocycles. The summed E-state index contributed by atoms with van der Waals surface area (Å²) in [6.07, 6.45) is 0. The van der Waals surface area contributed by atoms with Crippen molar-refractivity contribution < 1.29 is 9.31 Å². The van der Waals surface area contributed by atoms with E-state index < -0.39 is 16.4 Å². The van der Waals surface area contributed by atoms with Gasteiger partial charge in [-0.15, -0.1) is 0 Å². The monoisotopic (exact) mass is 372 g/mol. The zero-order valence-electron chi connectivity index (χ0n) is 11.0. The van der Waals surface area contributed by atoms with Gasteiger partial charge in [0.2, 0.25) is 5.82 Å². The molecule has 0 atom stereocenters. The number of hydrogen-bond donors (Lipinski definition) is 1. The highest BCUT2D eigenvalue weighted by Gasteiger charge is 2.17. The topological polar surface area (TPSA) is 55.2 Å². The molecule has 0 aliphatic rings. The molecule has 4 nitrogen and oxygen atoms in total. The van der Waals surface area contributed by atoms with Crippen molar-refractivity contribution in [2.45, 2.75) is 13.5 Å². The van der Waals surface area contributed by atoms with Crippen LogP contribution >= 0.6 is 27.5 Å². The van der Waals surface area contributed by atoms with Gasteiger partial charge in [-0.1, -0.05) is 23.7 Å². The molecule has 7 heteroatoms. The Kier molecular flexibility index (Phi) is 4.80. The highest BCUT2D eigenvalue weighted by atomic mass is 79.9. The van der Waals surface area contributed by atoms with E-state index in [2.05, 4.69) is 21.2 Å². The van der Waals surface area contributed by atoms with Crippen LogP contribution in [0.3, 0.4) is 0 Å². The van der Waals surface area contributed by atoms with Gasteiger partial charge < -0.3 is 5.32 Å². The summed E-state index contributed by atoms with van der Waals surface area (Å²) in [7, 11) is 0. The summed E-state index contributed by atoms with van der Waals surface area (Å²) in [5.41, 5.74) is 1.29. The molecule has 0 bridgehead atoms. The van der Waals surface area contributed by atoms with Crippen molar-refractivity contribution in [1.29, 1.82) is 0 Å². The summed E-state index contributed by atoms with van der Waals surface area (Å²) in [5.74, 6) is -0.829. The number of nitro benzene ring substituents is 1. The molecule has 110 valence electrons. The van der Waals surface area contributed by atoms with Crippen LogP contribution in [0.2, 0.25) is 5.02 Å². The fourth-order valence-corrected chi connectivity index (χ4v) is 2.58. The van der Waals surface area contributed by atoms with E-state index in [1.807, 2.05) is 13.0 Å². The number of rotatable bonds is 4. The third-order valence-corrected chi connectivity index (χ3v) is 4.04. The first-order valence-electron chi connectivity index (χ1n) is 6.01. The van der Waals surface area contributed by atoms with E-state index in [1.165, 1.54) is 12.1 Å². The predicted molar refractivity (Wildman–Crippen MR) is 84.3 cm³/mol. The summed E-state index contributed by atoms with van der Waals surface area (Å²) in [5, 5.41) is 14.3. The van der Waals surface area contributed by atoms with Crippen LogP contribution in [0.4, 0.5) is 15.8 Å². The van der Waals surface area contributed by atoms with Gasteiger partial charge >= 0.3 is 5.69 Å². The van der Waals surface area contributed by atoms with E-state index in [-0.39, 0.29) is 12.1 Å². The van der Waals surface area contributed by atoms with Gasteiger partial charge in [0.05, 0.1) is 10.6 Å². The highest BCUT2D eigenvalue weighted by molar-refractivity contribution is 9.10. The van der Waals surface area contributed by atoms with Crippen molar-refractivity contribution in [1.82, 2.24) is 0 Å². The summed E-state index contributed by atoms with van der Waals surface area (Å²) >= 11 is 9.43. The number of nitro groups is 1. The zero-order valence-corrected chi connectivity index (χ0v) is 13.3. The van der Waals surface area contributed by atoms with Gasteiger partial charge in [-0.05, 0) is 40.5 Å². The van der Waals surface area contributed by atoms with Crippen molar-refractivity contribution >= 4 is 38.9 Å². The average molecular weight is 374 g/mol. The number of hydrogen-bond acceptors (Lipinski definition) is 3. The van der Waals surface area contributed by atoms with Crippen LogP contribution in [0.1, 0.15) is 11.1 Å². The fraction of sp³-hybridized carbons (Fsp3) is 0.143. The summed E-state index contributed by atoms with van der Waals surface area (Å²) in [6.45, 7) is 1.99. The number of benzene rings is 2. The van der Waals surface area contributed by atoms with E-state index in [4.69, 9.17) is 11.6 Å². The lowest BCUT2D eigenvalue weighted by Crippen LogP contribution is -2.04. The van der Waals surface area contributed by atoms with Crippen molar-refractivity contribution in [3.05, 3.63) is 66.9 Å². The molecule has 0 spiro atoms. The molecule has 21 heavy (non-hydrogen) atoms. The smallest absolute Gasteiger partial charge is 0.305 e. The Morgan fingerprint density at radius 3 is 2.81 bits per heavy atom. The highest BCUT2D eigenvalue weighted by Crippen LogP contribution is 2.30. The Morgan fingerprint density at radius 1 is 1.43 bits per heavy atom. The molecule has 2 rings (SSSR count). The number of nitrogens with zero attached hydrogens (tertiary/aromatic N) is 1. The quantitative estimate of drug-likeness (QED) is 0.601. The minimum absolute atomic E-state index is 0.117. The maximum Gasteiger partial charge on any atom is 0.305 e. The minimum Gasteiger partial charge on any atom is -0.380 e. The fourth-order valence-electron chi connectivity index (χ4n) is 1.82. The third-order valence-electron chi connectivity index (χ3n) is 2.97. The standard InChI is InChI=1S/C14H11BrClFN2O2/c1-8-5-10(15)12(6-11(8)16)18-7-9-3-2-4-13(14(9)17)19(20)21/h2-6,18H,7H2,1H3. The average Bonchev–Trinajstić information content (AvgIpc) is 2.42. The Morgan fingerprint density at radius 2 is 2.14 bits per heavy atom. The first kappa shape index (κ1) is 15.7. The second-order valence-electron chi connectivity index (χ2n) is 4.44. The van der Waals surface area contributed by atoms with Crippen LogP contribution in [0.5, 0.6) is 0 Å². The Hall–Kier alpha value is -1.66. The summed E-state index contributed by atoms with van der Waals surface area (Å²) in [6, 6.07) is 7.65. The Labute approximate surface area is 134 Å². The molecular formula is C14H11BrClFN2O2. The van der Waals surface area contributed by atoms with Gasteiger partial charge in [0, 0.05) is 27.7 Å². The number of anilines is 1. The number of aryl methyl sites for hydroxylation is 1. The normalized spacial score (nSPS) is 10.5. The molecule has 0 heterocycles. The molecule has 0 saturated carbocycles. The molecule has 0 unspecified atom stereocenters. The molecule has 0 amide bonds. The molecule has 2 aromatic carbocycles. The molecule has 0 aromatic heterocycles. The van der Waals surface area contributed by atoms with Gasteiger partial charge in [-0.25, -0.2) is 0 Å². The summed E-state index contributed by atoms with van der Waals surface area (Å²) < 4.78 is 14.7. The number of nitrogens with one attached hydrogen (secondary N) is 1. The van der Waals surface area contributed by atoms with Crippen molar-refractivity contribution in [3.8, 4) is 0 Å². The van der Waals surface area contributed by atoms with E-state index in [9.17, 15) is 14.5 Å². The lowest BCUT2D eigenvalue weighted by Gasteiger charge is -2.11. The maximum atomic E-state index is 14.0. The summed E-state index contributed by atoms with van der Waals surface area (Å²) in [4.78, 5) is 9.97. The van der Waals surface area contributed by atoms with Gasteiger partial charge in [0.25, 0.3) is 0 Å². The van der Waals surface area contributed by atoms with Crippen LogP contribution in [0.25, 0.3) is 0 Å². The Bertz CT molecular complexity index is 710. The van der Waals surface area contributed by atoms with E-state index in [0.717, 1.165) is 16.1 Å². The molecule has 0 fully saturated rings.